The fraction of sp³-hybridized carbons (Fsp3) is 0.882. The lowest BCUT2D eigenvalue weighted by Gasteiger charge is -2.45. The highest BCUT2D eigenvalue weighted by Crippen LogP contribution is 2.26. The van der Waals surface area contributed by atoms with E-state index in [9.17, 15) is 9.59 Å². The maximum absolute atomic E-state index is 12.9. The van der Waals surface area contributed by atoms with Crippen LogP contribution in [0, 0.1) is 11.8 Å². The van der Waals surface area contributed by atoms with Gasteiger partial charge in [0.1, 0.15) is 12.1 Å². The van der Waals surface area contributed by atoms with Crippen LogP contribution in [0.5, 0.6) is 0 Å². The Morgan fingerprint density at radius 3 is 2.05 bits per heavy atom. The van der Waals surface area contributed by atoms with Crippen molar-refractivity contribution in [3.63, 3.8) is 0 Å². The topological polar surface area (TPSA) is 49.4 Å². The Kier molecular flexibility index (Phi) is 6.69. The molecule has 0 bridgehead atoms. The number of hydrogen-bond donors (Lipinski definition) is 1. The van der Waals surface area contributed by atoms with Crippen LogP contribution in [0.15, 0.2) is 0 Å². The molecule has 1 fully saturated rings. The van der Waals surface area contributed by atoms with E-state index in [0.717, 1.165) is 19.3 Å². The predicted molar refractivity (Wildman–Crippen MR) is 85.8 cm³/mol. The molecule has 21 heavy (non-hydrogen) atoms. The average Bonchev–Trinajstić information content (AvgIpc) is 2.43. The summed E-state index contributed by atoms with van der Waals surface area (Å²) in [5.41, 5.74) is 0. The number of piperazine rings is 1. The molecular weight excluding hydrogens is 264 g/mol. The number of amides is 2. The molecule has 3 atom stereocenters. The second kappa shape index (κ2) is 7.81. The average molecular weight is 296 g/mol. The Morgan fingerprint density at radius 2 is 1.62 bits per heavy atom. The lowest BCUT2D eigenvalue weighted by Crippen LogP contribution is -2.67. The molecular formula is C17H32N2O2. The minimum atomic E-state index is -0.349. The minimum absolute atomic E-state index is 0.0292. The van der Waals surface area contributed by atoms with Crippen LogP contribution in [-0.2, 0) is 9.59 Å². The van der Waals surface area contributed by atoms with Crippen LogP contribution in [0.4, 0.5) is 0 Å². The Hall–Kier alpha value is -1.06. The Bertz CT molecular complexity index is 364. The molecule has 4 nitrogen and oxygen atoms in total. The molecule has 1 N–H and O–H groups in total. The molecule has 0 aliphatic carbocycles. The molecule has 1 heterocycles. The standard InChI is InChI=1S/C17H32N2O2/c1-7-12(6)15-16(20)18-14(10-11(4)5)17(21)19(15)13(8-2)9-3/h11-15H,7-10H2,1-6H3,(H,18,20). The van der Waals surface area contributed by atoms with E-state index in [4.69, 9.17) is 0 Å². The van der Waals surface area contributed by atoms with Gasteiger partial charge in [-0.2, -0.15) is 0 Å². The monoisotopic (exact) mass is 296 g/mol. The molecule has 2 amide bonds. The molecule has 1 aliphatic rings. The minimum Gasteiger partial charge on any atom is -0.342 e. The van der Waals surface area contributed by atoms with Gasteiger partial charge >= 0.3 is 0 Å². The molecule has 1 rings (SSSR count). The molecule has 4 heteroatoms. The zero-order valence-corrected chi connectivity index (χ0v) is 14.5. The third kappa shape index (κ3) is 3.98. The van der Waals surface area contributed by atoms with Crippen molar-refractivity contribution in [1.29, 1.82) is 0 Å². The van der Waals surface area contributed by atoms with Crippen LogP contribution < -0.4 is 5.32 Å². The maximum atomic E-state index is 12.9. The second-order valence-corrected chi connectivity index (χ2v) is 6.74. The Labute approximate surface area is 129 Å². The summed E-state index contributed by atoms with van der Waals surface area (Å²) in [5, 5.41) is 2.97. The first-order valence-corrected chi connectivity index (χ1v) is 8.49. The van der Waals surface area contributed by atoms with Gasteiger partial charge in [0.15, 0.2) is 0 Å². The van der Waals surface area contributed by atoms with Gasteiger partial charge in [-0.25, -0.2) is 0 Å². The van der Waals surface area contributed by atoms with Crippen molar-refractivity contribution >= 4 is 11.8 Å². The molecule has 0 spiro atoms. The first-order valence-electron chi connectivity index (χ1n) is 8.49. The van der Waals surface area contributed by atoms with Crippen LogP contribution in [0.3, 0.4) is 0 Å². The number of nitrogens with one attached hydrogen (secondary N) is 1. The normalized spacial score (nSPS) is 24.7. The highest BCUT2D eigenvalue weighted by atomic mass is 16.2. The largest absolute Gasteiger partial charge is 0.342 e. The summed E-state index contributed by atoms with van der Waals surface area (Å²) >= 11 is 0. The van der Waals surface area contributed by atoms with Gasteiger partial charge < -0.3 is 10.2 Å². The van der Waals surface area contributed by atoms with E-state index in [0.29, 0.717) is 12.3 Å². The van der Waals surface area contributed by atoms with Gasteiger partial charge in [-0.05, 0) is 31.1 Å². The third-order valence-electron chi connectivity index (χ3n) is 4.66. The quantitative estimate of drug-likeness (QED) is 0.785. The van der Waals surface area contributed by atoms with Crippen LogP contribution in [0.25, 0.3) is 0 Å². The van der Waals surface area contributed by atoms with Crippen molar-refractivity contribution in [3.8, 4) is 0 Å². The molecule has 0 saturated carbocycles. The fourth-order valence-electron chi connectivity index (χ4n) is 3.24. The van der Waals surface area contributed by atoms with Gasteiger partial charge in [0.05, 0.1) is 0 Å². The number of rotatable bonds is 7. The van der Waals surface area contributed by atoms with Gasteiger partial charge in [0.2, 0.25) is 11.8 Å². The summed E-state index contributed by atoms with van der Waals surface area (Å²) < 4.78 is 0. The van der Waals surface area contributed by atoms with Gasteiger partial charge in [-0.15, -0.1) is 0 Å². The summed E-state index contributed by atoms with van der Waals surface area (Å²) in [6.45, 7) is 12.5. The summed E-state index contributed by atoms with van der Waals surface area (Å²) in [7, 11) is 0. The lowest BCUT2D eigenvalue weighted by molar-refractivity contribution is -0.155. The van der Waals surface area contributed by atoms with Gasteiger partial charge in [-0.1, -0.05) is 48.0 Å². The number of nitrogens with zero attached hydrogens (tertiary/aromatic N) is 1. The van der Waals surface area contributed by atoms with Crippen molar-refractivity contribution < 1.29 is 9.59 Å². The summed E-state index contributed by atoms with van der Waals surface area (Å²) in [6, 6.07) is -0.494. The van der Waals surface area contributed by atoms with Gasteiger partial charge in [-0.3, -0.25) is 9.59 Å². The van der Waals surface area contributed by atoms with E-state index in [-0.39, 0.29) is 35.9 Å². The fourth-order valence-corrected chi connectivity index (χ4v) is 3.24. The zero-order chi connectivity index (χ0) is 16.2. The summed E-state index contributed by atoms with van der Waals surface area (Å²) in [4.78, 5) is 27.4. The Morgan fingerprint density at radius 1 is 1.05 bits per heavy atom. The van der Waals surface area contributed by atoms with E-state index in [2.05, 4.69) is 46.9 Å². The van der Waals surface area contributed by atoms with Crippen molar-refractivity contribution in [3.05, 3.63) is 0 Å². The molecule has 1 aliphatic heterocycles. The van der Waals surface area contributed by atoms with Crippen LogP contribution in [0.2, 0.25) is 0 Å². The first kappa shape index (κ1) is 18.0. The van der Waals surface area contributed by atoms with E-state index in [1.807, 2.05) is 4.90 Å². The van der Waals surface area contributed by atoms with Crippen molar-refractivity contribution in [1.82, 2.24) is 10.2 Å². The second-order valence-electron chi connectivity index (χ2n) is 6.74. The lowest BCUT2D eigenvalue weighted by atomic mass is 9.89. The third-order valence-corrected chi connectivity index (χ3v) is 4.66. The van der Waals surface area contributed by atoms with E-state index in [1.54, 1.807) is 0 Å². The molecule has 0 aromatic heterocycles. The number of hydrogen-bond acceptors (Lipinski definition) is 2. The number of carbonyl (C=O) groups excluding carboxylic acids is 2. The zero-order valence-electron chi connectivity index (χ0n) is 14.5. The SMILES string of the molecule is CCC(C)C1C(=O)NC(CC(C)C)C(=O)N1C(CC)CC. The van der Waals surface area contributed by atoms with E-state index >= 15 is 0 Å². The summed E-state index contributed by atoms with van der Waals surface area (Å²) in [6.07, 6.45) is 3.42. The first-order chi connectivity index (χ1) is 9.87. The van der Waals surface area contributed by atoms with Gasteiger partial charge in [0.25, 0.3) is 0 Å². The molecule has 0 radical (unpaired) electrons. The van der Waals surface area contributed by atoms with Crippen molar-refractivity contribution in [2.24, 2.45) is 11.8 Å². The van der Waals surface area contributed by atoms with Crippen LogP contribution in [-0.4, -0.2) is 34.8 Å². The van der Waals surface area contributed by atoms with Crippen LogP contribution >= 0.6 is 0 Å². The number of carbonyl (C=O) groups is 2. The maximum Gasteiger partial charge on any atom is 0.246 e. The van der Waals surface area contributed by atoms with Crippen LogP contribution in [0.1, 0.15) is 67.2 Å². The highest BCUT2D eigenvalue weighted by molar-refractivity contribution is 5.97. The molecule has 1 saturated heterocycles. The van der Waals surface area contributed by atoms with E-state index in [1.165, 1.54) is 0 Å². The molecule has 0 aromatic carbocycles. The molecule has 0 aromatic rings. The van der Waals surface area contributed by atoms with Crippen molar-refractivity contribution in [2.75, 3.05) is 0 Å². The smallest absolute Gasteiger partial charge is 0.246 e. The van der Waals surface area contributed by atoms with Gasteiger partial charge in [0, 0.05) is 6.04 Å². The molecule has 122 valence electrons. The van der Waals surface area contributed by atoms with E-state index < -0.39 is 0 Å². The van der Waals surface area contributed by atoms with Crippen molar-refractivity contribution in [2.45, 2.75) is 85.4 Å². The molecule has 3 unspecified atom stereocenters. The predicted octanol–water partition coefficient (Wildman–Crippen LogP) is 2.96. The Balaban J connectivity index is 3.10. The summed E-state index contributed by atoms with van der Waals surface area (Å²) in [5.74, 6) is 0.723. The highest BCUT2D eigenvalue weighted by Gasteiger charge is 2.44.